The van der Waals surface area contributed by atoms with Gasteiger partial charge in [0, 0.05) is 56.4 Å². The van der Waals surface area contributed by atoms with E-state index in [1.54, 1.807) is 14.1 Å². The molecule has 28 heavy (non-hydrogen) atoms. The number of pyridine rings is 1. The summed E-state index contributed by atoms with van der Waals surface area (Å²) in [5.74, 6) is -0.486. The van der Waals surface area contributed by atoms with Crippen molar-refractivity contribution in [2.24, 2.45) is 0 Å². The first-order valence-electron chi connectivity index (χ1n) is 9.19. The third kappa shape index (κ3) is 3.83. The Hall–Kier alpha value is -3.35. The van der Waals surface area contributed by atoms with Gasteiger partial charge >= 0.3 is 0 Å². The van der Waals surface area contributed by atoms with Crippen molar-refractivity contribution in [2.75, 3.05) is 20.6 Å². The summed E-state index contributed by atoms with van der Waals surface area (Å²) in [6.07, 6.45) is 3.66. The Labute approximate surface area is 163 Å². The average Bonchev–Trinajstić information content (AvgIpc) is 3.09. The zero-order chi connectivity index (χ0) is 20.3. The highest BCUT2D eigenvalue weighted by Crippen LogP contribution is 2.23. The smallest absolute Gasteiger partial charge is 0.254 e. The van der Waals surface area contributed by atoms with E-state index in [2.05, 4.69) is 10.3 Å². The standard InChI is InChI=1S/C21H24N4O3/c1-4-22-20(27)18(11-15-12-23-17-8-6-5-7-16(15)17)25-13-14(9-10-19(25)26)21(28)24(2)3/h5-10,12-13,18,23H,4,11H2,1-3H3,(H,22,27)/t18-/m1/s1. The van der Waals surface area contributed by atoms with Crippen molar-refractivity contribution in [3.63, 3.8) is 0 Å². The van der Waals surface area contributed by atoms with E-state index in [-0.39, 0.29) is 17.4 Å². The minimum absolute atomic E-state index is 0.226. The molecule has 0 radical (unpaired) electrons. The predicted octanol–water partition coefficient (Wildman–Crippen LogP) is 1.95. The lowest BCUT2D eigenvalue weighted by Crippen LogP contribution is -2.38. The number of carbonyl (C=O) groups is 2. The fourth-order valence-electron chi connectivity index (χ4n) is 3.25. The molecule has 0 aliphatic carbocycles. The molecule has 2 aromatic heterocycles. The van der Waals surface area contributed by atoms with Crippen molar-refractivity contribution in [1.82, 2.24) is 19.8 Å². The maximum atomic E-state index is 12.8. The summed E-state index contributed by atoms with van der Waals surface area (Å²) >= 11 is 0. The van der Waals surface area contributed by atoms with Crippen LogP contribution in [0.5, 0.6) is 0 Å². The van der Waals surface area contributed by atoms with E-state index < -0.39 is 6.04 Å². The lowest BCUT2D eigenvalue weighted by Gasteiger charge is -2.20. The normalized spacial score (nSPS) is 12.0. The molecule has 0 bridgehead atoms. The number of fused-ring (bicyclic) bond motifs is 1. The van der Waals surface area contributed by atoms with Crippen LogP contribution in [0.15, 0.2) is 53.6 Å². The largest absolute Gasteiger partial charge is 0.361 e. The molecular formula is C21H24N4O3. The Morgan fingerprint density at radius 2 is 1.93 bits per heavy atom. The number of para-hydroxylation sites is 1. The first kappa shape index (κ1) is 19.4. The van der Waals surface area contributed by atoms with E-state index in [0.717, 1.165) is 16.5 Å². The highest BCUT2D eigenvalue weighted by atomic mass is 16.2. The van der Waals surface area contributed by atoms with Crippen LogP contribution in [0.4, 0.5) is 0 Å². The maximum Gasteiger partial charge on any atom is 0.254 e. The third-order valence-electron chi connectivity index (χ3n) is 4.67. The fraction of sp³-hybridized carbons (Fsp3) is 0.286. The second kappa shape index (κ2) is 8.12. The van der Waals surface area contributed by atoms with Crippen molar-refractivity contribution >= 4 is 22.7 Å². The number of aromatic nitrogens is 2. The Balaban J connectivity index is 2.05. The van der Waals surface area contributed by atoms with Crippen molar-refractivity contribution in [3.8, 4) is 0 Å². The monoisotopic (exact) mass is 380 g/mol. The number of aromatic amines is 1. The van der Waals surface area contributed by atoms with Crippen LogP contribution in [0.2, 0.25) is 0 Å². The second-order valence-electron chi connectivity index (χ2n) is 6.84. The van der Waals surface area contributed by atoms with Gasteiger partial charge in [0.05, 0.1) is 5.56 Å². The van der Waals surface area contributed by atoms with Crippen LogP contribution in [0, 0.1) is 0 Å². The molecule has 2 amide bonds. The van der Waals surface area contributed by atoms with Gasteiger partial charge in [-0.05, 0) is 24.6 Å². The molecule has 0 saturated heterocycles. The Morgan fingerprint density at radius 3 is 2.64 bits per heavy atom. The number of carbonyl (C=O) groups excluding carboxylic acids is 2. The molecule has 3 rings (SSSR count). The zero-order valence-corrected chi connectivity index (χ0v) is 16.2. The van der Waals surface area contributed by atoms with Crippen LogP contribution in [-0.4, -0.2) is 46.9 Å². The van der Waals surface area contributed by atoms with Gasteiger partial charge in [0.25, 0.3) is 11.5 Å². The van der Waals surface area contributed by atoms with Gasteiger partial charge in [-0.1, -0.05) is 18.2 Å². The molecule has 1 atom stereocenters. The summed E-state index contributed by atoms with van der Waals surface area (Å²) in [4.78, 5) is 42.3. The highest BCUT2D eigenvalue weighted by Gasteiger charge is 2.24. The molecule has 0 saturated carbocycles. The van der Waals surface area contributed by atoms with Crippen molar-refractivity contribution in [2.45, 2.75) is 19.4 Å². The van der Waals surface area contributed by atoms with E-state index in [4.69, 9.17) is 0 Å². The van der Waals surface area contributed by atoms with Gasteiger partial charge in [-0.15, -0.1) is 0 Å². The minimum Gasteiger partial charge on any atom is -0.361 e. The van der Waals surface area contributed by atoms with Gasteiger partial charge in [-0.2, -0.15) is 0 Å². The second-order valence-corrected chi connectivity index (χ2v) is 6.84. The van der Waals surface area contributed by atoms with E-state index in [0.29, 0.717) is 18.5 Å². The summed E-state index contributed by atoms with van der Waals surface area (Å²) in [7, 11) is 3.29. The quantitative estimate of drug-likeness (QED) is 0.685. The fourth-order valence-corrected chi connectivity index (χ4v) is 3.25. The molecule has 146 valence electrons. The topological polar surface area (TPSA) is 87.2 Å². The first-order valence-corrected chi connectivity index (χ1v) is 9.19. The molecule has 0 unspecified atom stereocenters. The van der Waals surface area contributed by atoms with Gasteiger partial charge in [0.2, 0.25) is 5.91 Å². The summed E-state index contributed by atoms with van der Waals surface area (Å²) < 4.78 is 1.35. The summed E-state index contributed by atoms with van der Waals surface area (Å²) in [6.45, 7) is 2.28. The van der Waals surface area contributed by atoms with Crippen LogP contribution >= 0.6 is 0 Å². The summed E-state index contributed by atoms with van der Waals surface area (Å²) in [5, 5.41) is 3.80. The number of nitrogens with one attached hydrogen (secondary N) is 2. The van der Waals surface area contributed by atoms with E-state index in [1.165, 1.54) is 27.8 Å². The third-order valence-corrected chi connectivity index (χ3v) is 4.67. The molecular weight excluding hydrogens is 356 g/mol. The summed E-state index contributed by atoms with van der Waals surface area (Å²) in [6, 6.07) is 9.86. The van der Waals surface area contributed by atoms with E-state index >= 15 is 0 Å². The van der Waals surface area contributed by atoms with Crippen LogP contribution in [0.1, 0.15) is 28.9 Å². The molecule has 7 nitrogen and oxygen atoms in total. The molecule has 0 aliphatic rings. The maximum absolute atomic E-state index is 12.8. The number of benzene rings is 1. The molecule has 0 fully saturated rings. The molecule has 1 aromatic carbocycles. The van der Waals surface area contributed by atoms with Crippen LogP contribution < -0.4 is 10.9 Å². The molecule has 0 aliphatic heterocycles. The zero-order valence-electron chi connectivity index (χ0n) is 16.2. The van der Waals surface area contributed by atoms with Crippen LogP contribution in [0.3, 0.4) is 0 Å². The molecule has 2 N–H and O–H groups in total. The molecule has 3 aromatic rings. The SMILES string of the molecule is CCNC(=O)[C@@H](Cc1c[nH]c2ccccc12)n1cc(C(=O)N(C)C)ccc1=O. The van der Waals surface area contributed by atoms with Gasteiger partial charge in [0.15, 0.2) is 0 Å². The van der Waals surface area contributed by atoms with Crippen molar-refractivity contribution < 1.29 is 9.59 Å². The van der Waals surface area contributed by atoms with Gasteiger partial charge in [-0.3, -0.25) is 14.4 Å². The number of likely N-dealkylation sites (N-methyl/N-ethyl adjacent to an activating group) is 1. The summed E-state index contributed by atoms with van der Waals surface area (Å²) in [5.41, 5.74) is 1.93. The van der Waals surface area contributed by atoms with Crippen molar-refractivity contribution in [1.29, 1.82) is 0 Å². The first-order chi connectivity index (χ1) is 13.4. The predicted molar refractivity (Wildman–Crippen MR) is 108 cm³/mol. The number of nitrogens with zero attached hydrogens (tertiary/aromatic N) is 2. The number of hydrogen-bond acceptors (Lipinski definition) is 3. The Morgan fingerprint density at radius 1 is 1.18 bits per heavy atom. The van der Waals surface area contributed by atoms with Crippen LogP contribution in [0.25, 0.3) is 10.9 Å². The van der Waals surface area contributed by atoms with E-state index in [9.17, 15) is 14.4 Å². The number of hydrogen-bond donors (Lipinski definition) is 2. The van der Waals surface area contributed by atoms with Gasteiger partial charge in [0.1, 0.15) is 6.04 Å². The lowest BCUT2D eigenvalue weighted by molar-refractivity contribution is -0.124. The average molecular weight is 380 g/mol. The number of rotatable bonds is 6. The highest BCUT2D eigenvalue weighted by molar-refractivity contribution is 5.93. The van der Waals surface area contributed by atoms with Crippen LogP contribution in [-0.2, 0) is 11.2 Å². The Kier molecular flexibility index (Phi) is 5.63. The minimum atomic E-state index is -0.762. The lowest BCUT2D eigenvalue weighted by atomic mass is 10.0. The van der Waals surface area contributed by atoms with Crippen molar-refractivity contribution in [3.05, 3.63) is 70.3 Å². The Bertz CT molecular complexity index is 1060. The molecule has 0 spiro atoms. The number of H-pyrrole nitrogens is 1. The molecule has 7 heteroatoms. The number of amides is 2. The van der Waals surface area contributed by atoms with Gasteiger partial charge in [-0.25, -0.2) is 0 Å². The molecule has 2 heterocycles. The van der Waals surface area contributed by atoms with E-state index in [1.807, 2.05) is 37.4 Å². The van der Waals surface area contributed by atoms with Gasteiger partial charge < -0.3 is 19.8 Å².